The van der Waals surface area contributed by atoms with E-state index in [1.807, 2.05) is 0 Å². The van der Waals surface area contributed by atoms with Crippen LogP contribution in [-0.4, -0.2) is 21.0 Å². The Kier molecular flexibility index (Phi) is 3.79. The van der Waals surface area contributed by atoms with Gasteiger partial charge in [-0.25, -0.2) is 18.7 Å². The highest BCUT2D eigenvalue weighted by molar-refractivity contribution is 5.68. The van der Waals surface area contributed by atoms with Gasteiger partial charge in [0.2, 0.25) is 0 Å². The van der Waals surface area contributed by atoms with Gasteiger partial charge in [-0.1, -0.05) is 6.07 Å². The number of hydrogen-bond acceptors (Lipinski definition) is 3. The minimum absolute atomic E-state index is 0.260. The number of aliphatic carboxylic acids is 1. The average Bonchev–Trinajstić information content (AvgIpc) is 2.40. The summed E-state index contributed by atoms with van der Waals surface area (Å²) >= 11 is 0. The van der Waals surface area contributed by atoms with Crippen LogP contribution in [0.5, 0.6) is 0 Å². The van der Waals surface area contributed by atoms with E-state index in [4.69, 9.17) is 5.11 Å². The third-order valence-electron chi connectivity index (χ3n) is 2.62. The van der Waals surface area contributed by atoms with Gasteiger partial charge in [-0.3, -0.25) is 4.79 Å². The van der Waals surface area contributed by atoms with Crippen molar-refractivity contribution in [3.05, 3.63) is 59.7 Å². The lowest BCUT2D eigenvalue weighted by Gasteiger charge is -2.13. The number of benzene rings is 1. The maximum absolute atomic E-state index is 13.2. The molecule has 1 aromatic heterocycles. The summed E-state index contributed by atoms with van der Waals surface area (Å²) in [5.41, 5.74) is 0.326. The summed E-state index contributed by atoms with van der Waals surface area (Å²) < 4.78 is 26.1. The van der Waals surface area contributed by atoms with E-state index in [1.54, 1.807) is 6.07 Å². The minimum atomic E-state index is -1.07. The molecule has 1 aromatic carbocycles. The van der Waals surface area contributed by atoms with Gasteiger partial charge in [0.15, 0.2) is 11.6 Å². The first kappa shape index (κ1) is 13.1. The third kappa shape index (κ3) is 3.09. The van der Waals surface area contributed by atoms with Gasteiger partial charge in [0, 0.05) is 12.4 Å². The van der Waals surface area contributed by atoms with E-state index in [0.29, 0.717) is 5.56 Å². The van der Waals surface area contributed by atoms with Gasteiger partial charge in [-0.05, 0) is 23.8 Å². The summed E-state index contributed by atoms with van der Waals surface area (Å²) in [4.78, 5) is 18.8. The molecule has 0 saturated carbocycles. The zero-order chi connectivity index (χ0) is 13.8. The number of hydrogen-bond donors (Lipinski definition) is 1. The molecule has 1 N–H and O–H groups in total. The van der Waals surface area contributed by atoms with Crippen LogP contribution in [0.4, 0.5) is 8.78 Å². The lowest BCUT2D eigenvalue weighted by Crippen LogP contribution is -2.11. The molecule has 98 valence electrons. The molecule has 0 bridgehead atoms. The molecule has 2 rings (SSSR count). The number of aromatic nitrogens is 2. The largest absolute Gasteiger partial charge is 0.481 e. The lowest BCUT2D eigenvalue weighted by molar-refractivity contribution is -0.137. The molecule has 1 heterocycles. The van der Waals surface area contributed by atoms with E-state index in [2.05, 4.69) is 9.97 Å². The molecular formula is C13H10F2N2O2. The van der Waals surface area contributed by atoms with Crippen LogP contribution >= 0.6 is 0 Å². The Morgan fingerprint density at radius 2 is 1.89 bits per heavy atom. The monoisotopic (exact) mass is 264 g/mol. The third-order valence-corrected chi connectivity index (χ3v) is 2.62. The molecule has 0 spiro atoms. The molecule has 0 aliphatic heterocycles. The van der Waals surface area contributed by atoms with Gasteiger partial charge < -0.3 is 5.11 Å². The van der Waals surface area contributed by atoms with Crippen LogP contribution in [-0.2, 0) is 4.79 Å². The van der Waals surface area contributed by atoms with Gasteiger partial charge in [0.05, 0.1) is 12.3 Å². The van der Waals surface area contributed by atoms with E-state index >= 15 is 0 Å². The Hall–Kier alpha value is -2.37. The van der Waals surface area contributed by atoms with E-state index in [-0.39, 0.29) is 12.2 Å². The second kappa shape index (κ2) is 5.51. The fourth-order valence-electron chi connectivity index (χ4n) is 1.75. The van der Waals surface area contributed by atoms with Crippen LogP contribution in [0.25, 0.3) is 0 Å². The molecule has 0 amide bonds. The SMILES string of the molecule is O=C(O)CC(c1ccc(F)c(F)c1)c1ncccn1. The molecular weight excluding hydrogens is 254 g/mol. The predicted molar refractivity (Wildman–Crippen MR) is 62.5 cm³/mol. The van der Waals surface area contributed by atoms with Gasteiger partial charge >= 0.3 is 5.97 Å². The smallest absolute Gasteiger partial charge is 0.304 e. The summed E-state index contributed by atoms with van der Waals surface area (Å²) in [6, 6.07) is 4.86. The predicted octanol–water partition coefficient (Wildman–Crippen LogP) is 2.36. The molecule has 0 aliphatic carbocycles. The Morgan fingerprint density at radius 1 is 1.21 bits per heavy atom. The molecule has 4 nitrogen and oxygen atoms in total. The lowest BCUT2D eigenvalue weighted by atomic mass is 9.94. The number of carboxylic acid groups (broad SMARTS) is 1. The molecule has 0 saturated heterocycles. The van der Waals surface area contributed by atoms with E-state index < -0.39 is 23.5 Å². The van der Waals surface area contributed by atoms with Crippen LogP contribution in [0.15, 0.2) is 36.7 Å². The minimum Gasteiger partial charge on any atom is -0.481 e. The van der Waals surface area contributed by atoms with Crippen LogP contribution in [0, 0.1) is 11.6 Å². The summed E-state index contributed by atoms with van der Waals surface area (Å²) in [5.74, 6) is -3.53. The number of nitrogens with zero attached hydrogens (tertiary/aromatic N) is 2. The van der Waals surface area contributed by atoms with Gasteiger partial charge in [0.1, 0.15) is 5.82 Å². The summed E-state index contributed by atoms with van der Waals surface area (Å²) in [5, 5.41) is 8.91. The normalized spacial score (nSPS) is 12.1. The highest BCUT2D eigenvalue weighted by Crippen LogP contribution is 2.26. The maximum Gasteiger partial charge on any atom is 0.304 e. The van der Waals surface area contributed by atoms with Gasteiger partial charge in [-0.2, -0.15) is 0 Å². The quantitative estimate of drug-likeness (QED) is 0.920. The summed E-state index contributed by atoms with van der Waals surface area (Å²) in [6.45, 7) is 0. The van der Waals surface area contributed by atoms with Crippen LogP contribution in [0.2, 0.25) is 0 Å². The maximum atomic E-state index is 13.2. The highest BCUT2D eigenvalue weighted by atomic mass is 19.2. The zero-order valence-corrected chi connectivity index (χ0v) is 9.75. The van der Waals surface area contributed by atoms with Crippen molar-refractivity contribution in [1.29, 1.82) is 0 Å². The molecule has 19 heavy (non-hydrogen) atoms. The Balaban J connectivity index is 2.42. The van der Waals surface area contributed by atoms with E-state index in [1.165, 1.54) is 18.5 Å². The fourth-order valence-corrected chi connectivity index (χ4v) is 1.75. The first-order chi connectivity index (χ1) is 9.08. The molecule has 1 unspecified atom stereocenters. The van der Waals surface area contributed by atoms with Crippen molar-refractivity contribution in [2.24, 2.45) is 0 Å². The van der Waals surface area contributed by atoms with E-state index in [0.717, 1.165) is 12.1 Å². The topological polar surface area (TPSA) is 63.1 Å². The second-order valence-electron chi connectivity index (χ2n) is 3.93. The first-order valence-corrected chi connectivity index (χ1v) is 5.51. The van der Waals surface area contributed by atoms with Crippen molar-refractivity contribution in [1.82, 2.24) is 9.97 Å². The van der Waals surface area contributed by atoms with Crippen molar-refractivity contribution in [2.75, 3.05) is 0 Å². The first-order valence-electron chi connectivity index (χ1n) is 5.51. The number of carboxylic acids is 1. The van der Waals surface area contributed by atoms with Crippen LogP contribution in [0.1, 0.15) is 23.7 Å². The van der Waals surface area contributed by atoms with Crippen molar-refractivity contribution in [3.8, 4) is 0 Å². The number of carbonyl (C=O) groups is 1. The van der Waals surface area contributed by atoms with Crippen molar-refractivity contribution in [2.45, 2.75) is 12.3 Å². The standard InChI is InChI=1S/C13H10F2N2O2/c14-10-3-2-8(6-11(10)15)9(7-12(18)19)13-16-4-1-5-17-13/h1-6,9H,7H2,(H,18,19). The molecule has 1 atom stereocenters. The second-order valence-corrected chi connectivity index (χ2v) is 3.93. The van der Waals surface area contributed by atoms with Crippen LogP contribution in [0.3, 0.4) is 0 Å². The number of halogens is 2. The Bertz CT molecular complexity index is 590. The summed E-state index contributed by atoms with van der Waals surface area (Å²) in [6.07, 6.45) is 2.64. The van der Waals surface area contributed by atoms with Crippen molar-refractivity contribution in [3.63, 3.8) is 0 Å². The molecule has 2 aromatic rings. The average molecular weight is 264 g/mol. The highest BCUT2D eigenvalue weighted by Gasteiger charge is 2.21. The van der Waals surface area contributed by atoms with E-state index in [9.17, 15) is 13.6 Å². The summed E-state index contributed by atoms with van der Waals surface area (Å²) in [7, 11) is 0. The van der Waals surface area contributed by atoms with Crippen molar-refractivity contribution < 1.29 is 18.7 Å². The van der Waals surface area contributed by atoms with Gasteiger partial charge in [-0.15, -0.1) is 0 Å². The zero-order valence-electron chi connectivity index (χ0n) is 9.75. The molecule has 6 heteroatoms. The fraction of sp³-hybridized carbons (Fsp3) is 0.154. The molecule has 0 aliphatic rings. The molecule has 0 radical (unpaired) electrons. The Labute approximate surface area is 107 Å². The Morgan fingerprint density at radius 3 is 2.47 bits per heavy atom. The van der Waals surface area contributed by atoms with Crippen molar-refractivity contribution >= 4 is 5.97 Å². The van der Waals surface area contributed by atoms with Crippen LogP contribution < -0.4 is 0 Å². The molecule has 0 fully saturated rings. The van der Waals surface area contributed by atoms with Gasteiger partial charge in [0.25, 0.3) is 0 Å². The number of rotatable bonds is 4.